The van der Waals surface area contributed by atoms with Crippen molar-refractivity contribution in [3.63, 3.8) is 0 Å². The summed E-state index contributed by atoms with van der Waals surface area (Å²) in [7, 11) is 0. The SMILES string of the molecule is Cc1nc2[nH]c(=O)[nH]c(=O)c2cc1C(=O)O. The molecule has 2 rings (SSSR count). The van der Waals surface area contributed by atoms with Gasteiger partial charge in [-0.05, 0) is 13.0 Å². The quantitative estimate of drug-likeness (QED) is 0.606. The van der Waals surface area contributed by atoms with Gasteiger partial charge in [-0.25, -0.2) is 14.6 Å². The van der Waals surface area contributed by atoms with E-state index in [0.29, 0.717) is 0 Å². The van der Waals surface area contributed by atoms with Crippen LogP contribution in [0.5, 0.6) is 0 Å². The van der Waals surface area contributed by atoms with Gasteiger partial charge >= 0.3 is 11.7 Å². The Kier molecular flexibility index (Phi) is 2.08. The van der Waals surface area contributed by atoms with E-state index in [1.54, 1.807) is 0 Å². The van der Waals surface area contributed by atoms with Crippen molar-refractivity contribution in [2.45, 2.75) is 6.92 Å². The first kappa shape index (κ1) is 10.1. The summed E-state index contributed by atoms with van der Waals surface area (Å²) in [5.41, 5.74) is -1.08. The highest BCUT2D eigenvalue weighted by molar-refractivity contribution is 5.92. The Morgan fingerprint density at radius 2 is 2.06 bits per heavy atom. The number of aryl methyl sites for hydroxylation is 1. The second-order valence-corrected chi connectivity index (χ2v) is 3.23. The van der Waals surface area contributed by atoms with Gasteiger partial charge < -0.3 is 5.11 Å². The number of carbonyl (C=O) groups is 1. The summed E-state index contributed by atoms with van der Waals surface area (Å²) in [5.74, 6) is -1.17. The van der Waals surface area contributed by atoms with E-state index >= 15 is 0 Å². The Bertz CT molecular complexity index is 698. The monoisotopic (exact) mass is 221 g/mol. The number of carboxylic acids is 1. The number of pyridine rings is 1. The maximum Gasteiger partial charge on any atom is 0.337 e. The first-order valence-corrected chi connectivity index (χ1v) is 4.36. The average Bonchev–Trinajstić information content (AvgIpc) is 2.15. The van der Waals surface area contributed by atoms with Gasteiger partial charge in [-0.1, -0.05) is 0 Å². The molecule has 0 aliphatic heterocycles. The summed E-state index contributed by atoms with van der Waals surface area (Å²) in [6, 6.07) is 1.19. The molecule has 0 aliphatic carbocycles. The molecule has 0 fully saturated rings. The molecule has 0 saturated carbocycles. The van der Waals surface area contributed by atoms with Gasteiger partial charge in [-0.15, -0.1) is 0 Å². The molecule has 2 aromatic rings. The Labute approximate surface area is 87.8 Å². The molecule has 0 spiro atoms. The van der Waals surface area contributed by atoms with Crippen molar-refractivity contribution in [3.8, 4) is 0 Å². The number of rotatable bonds is 1. The van der Waals surface area contributed by atoms with Gasteiger partial charge in [0.25, 0.3) is 5.56 Å². The minimum absolute atomic E-state index is 0.0441. The normalized spacial score (nSPS) is 10.6. The number of nitrogens with one attached hydrogen (secondary N) is 2. The number of aromatic amines is 2. The van der Waals surface area contributed by atoms with E-state index in [0.717, 1.165) is 0 Å². The molecule has 7 heteroatoms. The third-order valence-corrected chi connectivity index (χ3v) is 2.15. The second kappa shape index (κ2) is 3.30. The average molecular weight is 221 g/mol. The number of carboxylic acid groups (broad SMARTS) is 1. The molecule has 0 aromatic carbocycles. The summed E-state index contributed by atoms with van der Waals surface area (Å²) < 4.78 is 0. The summed E-state index contributed by atoms with van der Waals surface area (Å²) in [6.45, 7) is 1.49. The summed E-state index contributed by atoms with van der Waals surface area (Å²) >= 11 is 0. The van der Waals surface area contributed by atoms with Crippen LogP contribution in [0.15, 0.2) is 15.7 Å². The molecular weight excluding hydrogens is 214 g/mol. The molecule has 0 bridgehead atoms. The van der Waals surface area contributed by atoms with Crippen LogP contribution in [0.2, 0.25) is 0 Å². The first-order chi connectivity index (χ1) is 7.49. The van der Waals surface area contributed by atoms with E-state index in [9.17, 15) is 14.4 Å². The molecule has 0 unspecified atom stereocenters. The van der Waals surface area contributed by atoms with E-state index in [2.05, 4.69) is 9.97 Å². The summed E-state index contributed by atoms with van der Waals surface area (Å²) in [5, 5.41) is 8.89. The van der Waals surface area contributed by atoms with Gasteiger partial charge in [0.05, 0.1) is 16.6 Å². The Hall–Kier alpha value is -2.44. The lowest BCUT2D eigenvalue weighted by Gasteiger charge is -2.01. The van der Waals surface area contributed by atoms with Crippen molar-refractivity contribution in [3.05, 3.63) is 38.2 Å². The highest BCUT2D eigenvalue weighted by Gasteiger charge is 2.12. The zero-order valence-corrected chi connectivity index (χ0v) is 8.20. The van der Waals surface area contributed by atoms with Crippen LogP contribution in [-0.2, 0) is 0 Å². The van der Waals surface area contributed by atoms with Gasteiger partial charge in [0.2, 0.25) is 0 Å². The standard InChI is InChI=1S/C9H7N3O4/c1-3-4(8(14)15)2-5-6(10-3)11-9(16)12-7(5)13/h2H,1H3,(H,14,15)(H2,10,11,12,13,16). The Balaban J connectivity index is 2.96. The fraction of sp³-hybridized carbons (Fsp3) is 0.111. The molecule has 0 radical (unpaired) electrons. The molecule has 2 heterocycles. The largest absolute Gasteiger partial charge is 0.478 e. The molecule has 3 N–H and O–H groups in total. The topological polar surface area (TPSA) is 116 Å². The molecule has 2 aromatic heterocycles. The molecular formula is C9H7N3O4. The van der Waals surface area contributed by atoms with Crippen LogP contribution in [0.3, 0.4) is 0 Å². The van der Waals surface area contributed by atoms with Gasteiger partial charge in [-0.2, -0.15) is 0 Å². The van der Waals surface area contributed by atoms with Crippen molar-refractivity contribution in [2.75, 3.05) is 0 Å². The minimum atomic E-state index is -1.17. The van der Waals surface area contributed by atoms with E-state index in [1.807, 2.05) is 4.98 Å². The number of nitrogens with zero attached hydrogens (tertiary/aromatic N) is 1. The number of H-pyrrole nitrogens is 2. The zero-order valence-electron chi connectivity index (χ0n) is 8.20. The predicted octanol–water partition coefficient (Wildman–Crippen LogP) is -0.382. The van der Waals surface area contributed by atoms with Gasteiger partial charge in [0, 0.05) is 0 Å². The number of fused-ring (bicyclic) bond motifs is 1. The molecule has 7 nitrogen and oxygen atoms in total. The Morgan fingerprint density at radius 3 is 2.69 bits per heavy atom. The van der Waals surface area contributed by atoms with Gasteiger partial charge in [-0.3, -0.25) is 14.8 Å². The summed E-state index contributed by atoms with van der Waals surface area (Å²) in [6.07, 6.45) is 0. The van der Waals surface area contributed by atoms with Crippen LogP contribution >= 0.6 is 0 Å². The van der Waals surface area contributed by atoms with Crippen LogP contribution < -0.4 is 11.2 Å². The van der Waals surface area contributed by atoms with Crippen LogP contribution in [0, 0.1) is 6.92 Å². The van der Waals surface area contributed by atoms with Crippen molar-refractivity contribution < 1.29 is 9.90 Å². The van der Waals surface area contributed by atoms with Crippen LogP contribution in [-0.4, -0.2) is 26.0 Å². The number of aromatic nitrogens is 3. The van der Waals surface area contributed by atoms with E-state index < -0.39 is 17.2 Å². The molecule has 16 heavy (non-hydrogen) atoms. The first-order valence-electron chi connectivity index (χ1n) is 4.36. The van der Waals surface area contributed by atoms with Crippen LogP contribution in [0.4, 0.5) is 0 Å². The molecule has 0 aliphatic rings. The maximum atomic E-state index is 11.4. The predicted molar refractivity (Wildman–Crippen MR) is 54.7 cm³/mol. The third kappa shape index (κ3) is 1.48. The van der Waals surface area contributed by atoms with Gasteiger partial charge in [0.15, 0.2) is 0 Å². The smallest absolute Gasteiger partial charge is 0.337 e. The number of hydrogen-bond acceptors (Lipinski definition) is 4. The fourth-order valence-electron chi connectivity index (χ4n) is 1.40. The molecule has 0 amide bonds. The zero-order chi connectivity index (χ0) is 11.9. The van der Waals surface area contributed by atoms with Crippen LogP contribution in [0.25, 0.3) is 11.0 Å². The number of aromatic carboxylic acids is 1. The van der Waals surface area contributed by atoms with Crippen LogP contribution in [0.1, 0.15) is 16.1 Å². The van der Waals surface area contributed by atoms with E-state index in [-0.39, 0.29) is 22.3 Å². The minimum Gasteiger partial charge on any atom is -0.478 e. The lowest BCUT2D eigenvalue weighted by Crippen LogP contribution is -2.23. The lowest BCUT2D eigenvalue weighted by molar-refractivity contribution is 0.0696. The summed E-state index contributed by atoms with van der Waals surface area (Å²) in [4.78, 5) is 41.3. The van der Waals surface area contributed by atoms with E-state index in [4.69, 9.17) is 5.11 Å². The van der Waals surface area contributed by atoms with Crippen molar-refractivity contribution in [2.24, 2.45) is 0 Å². The second-order valence-electron chi connectivity index (χ2n) is 3.23. The Morgan fingerprint density at radius 1 is 1.38 bits per heavy atom. The number of hydrogen-bond donors (Lipinski definition) is 3. The third-order valence-electron chi connectivity index (χ3n) is 2.15. The highest BCUT2D eigenvalue weighted by atomic mass is 16.4. The van der Waals surface area contributed by atoms with Crippen molar-refractivity contribution in [1.82, 2.24) is 15.0 Å². The molecule has 82 valence electrons. The molecule has 0 saturated heterocycles. The maximum absolute atomic E-state index is 11.4. The van der Waals surface area contributed by atoms with Crippen molar-refractivity contribution >= 4 is 17.0 Å². The highest BCUT2D eigenvalue weighted by Crippen LogP contribution is 2.10. The lowest BCUT2D eigenvalue weighted by atomic mass is 10.1. The van der Waals surface area contributed by atoms with Crippen molar-refractivity contribution in [1.29, 1.82) is 0 Å². The van der Waals surface area contributed by atoms with Gasteiger partial charge in [0.1, 0.15) is 5.65 Å². The molecule has 0 atom stereocenters. The fourth-order valence-corrected chi connectivity index (χ4v) is 1.40. The van der Waals surface area contributed by atoms with E-state index in [1.165, 1.54) is 13.0 Å².